The maximum absolute atomic E-state index is 12.6. The molecule has 0 saturated carbocycles. The monoisotopic (exact) mass is 424 g/mol. The van der Waals surface area contributed by atoms with Crippen molar-refractivity contribution in [3.05, 3.63) is 70.0 Å². The molecular weight excluding hydrogens is 404 g/mol. The van der Waals surface area contributed by atoms with Crippen molar-refractivity contribution in [2.24, 2.45) is 0 Å². The number of aromatic nitrogens is 4. The van der Waals surface area contributed by atoms with Crippen LogP contribution < -0.4 is 11.0 Å². The molecule has 0 atom stereocenters. The number of piperidine rings is 1. The average molecular weight is 425 g/mol. The standard InChI is InChI=1S/C21H21ClN6O2/c22-14-5-6-19-24-15(13-27(19)12-14)11-23-20(29)26-9-7-16(8-10-26)28-18-4-2-1-3-17(18)25-21(28)30/h1-6,12-13,16H,7-11H2,(H,23,29)(H,25,30). The maximum Gasteiger partial charge on any atom is 0.326 e. The van der Waals surface area contributed by atoms with Crippen LogP contribution in [0.2, 0.25) is 5.02 Å². The van der Waals surface area contributed by atoms with Crippen LogP contribution in [0, 0.1) is 0 Å². The third-order valence-electron chi connectivity index (χ3n) is 5.63. The number of likely N-dealkylation sites (tertiary alicyclic amines) is 1. The topological polar surface area (TPSA) is 87.4 Å². The van der Waals surface area contributed by atoms with Crippen LogP contribution in [-0.4, -0.2) is 43.0 Å². The lowest BCUT2D eigenvalue weighted by Crippen LogP contribution is -2.45. The molecule has 0 unspecified atom stereocenters. The Morgan fingerprint density at radius 2 is 1.97 bits per heavy atom. The summed E-state index contributed by atoms with van der Waals surface area (Å²) >= 11 is 6.00. The Labute approximate surface area is 177 Å². The molecule has 1 aromatic carbocycles. The first-order valence-electron chi connectivity index (χ1n) is 9.93. The van der Waals surface area contributed by atoms with Crippen LogP contribution in [0.25, 0.3) is 16.7 Å². The van der Waals surface area contributed by atoms with Gasteiger partial charge in [-0.15, -0.1) is 0 Å². The molecule has 1 saturated heterocycles. The van der Waals surface area contributed by atoms with Crippen molar-refractivity contribution in [3.8, 4) is 0 Å². The Kier molecular flexibility index (Phi) is 4.71. The van der Waals surface area contributed by atoms with Gasteiger partial charge in [-0.05, 0) is 37.1 Å². The van der Waals surface area contributed by atoms with Crippen LogP contribution in [0.3, 0.4) is 0 Å². The number of fused-ring (bicyclic) bond motifs is 2. The lowest BCUT2D eigenvalue weighted by molar-refractivity contribution is 0.171. The van der Waals surface area contributed by atoms with Crippen molar-refractivity contribution < 1.29 is 4.79 Å². The Balaban J connectivity index is 1.21. The summed E-state index contributed by atoms with van der Waals surface area (Å²) in [5.41, 5.74) is 3.22. The number of benzene rings is 1. The van der Waals surface area contributed by atoms with Crippen LogP contribution in [0.5, 0.6) is 0 Å². The third-order valence-corrected chi connectivity index (χ3v) is 5.85. The molecule has 0 aliphatic carbocycles. The van der Waals surface area contributed by atoms with Crippen molar-refractivity contribution in [2.45, 2.75) is 25.4 Å². The molecule has 1 aliphatic rings. The van der Waals surface area contributed by atoms with Crippen molar-refractivity contribution in [2.75, 3.05) is 13.1 Å². The van der Waals surface area contributed by atoms with E-state index in [2.05, 4.69) is 15.3 Å². The van der Waals surface area contributed by atoms with Crippen molar-refractivity contribution in [1.29, 1.82) is 0 Å². The first kappa shape index (κ1) is 18.7. The zero-order valence-electron chi connectivity index (χ0n) is 16.2. The van der Waals surface area contributed by atoms with Gasteiger partial charge in [0.25, 0.3) is 0 Å². The van der Waals surface area contributed by atoms with Gasteiger partial charge >= 0.3 is 11.7 Å². The average Bonchev–Trinajstić information content (AvgIpc) is 3.31. The number of aromatic amines is 1. The molecule has 9 heteroatoms. The van der Waals surface area contributed by atoms with Crippen molar-refractivity contribution in [1.82, 2.24) is 29.2 Å². The van der Waals surface area contributed by atoms with E-state index in [1.165, 1.54) is 0 Å². The molecule has 154 valence electrons. The van der Waals surface area contributed by atoms with Gasteiger partial charge in [0.05, 0.1) is 28.3 Å². The lowest BCUT2D eigenvalue weighted by atomic mass is 10.0. The molecule has 1 fully saturated rings. The number of carbonyl (C=O) groups is 1. The van der Waals surface area contributed by atoms with Gasteiger partial charge in [-0.25, -0.2) is 14.6 Å². The molecule has 4 heterocycles. The minimum atomic E-state index is -0.116. The van der Waals surface area contributed by atoms with Gasteiger partial charge in [-0.3, -0.25) is 4.57 Å². The van der Waals surface area contributed by atoms with Crippen molar-refractivity contribution >= 4 is 34.3 Å². The molecule has 0 bridgehead atoms. The molecule has 2 N–H and O–H groups in total. The summed E-state index contributed by atoms with van der Waals surface area (Å²) in [6.07, 6.45) is 5.12. The molecule has 1 aliphatic heterocycles. The number of nitrogens with one attached hydrogen (secondary N) is 2. The second kappa shape index (κ2) is 7.53. The van der Waals surface area contributed by atoms with E-state index in [1.54, 1.807) is 17.2 Å². The summed E-state index contributed by atoms with van der Waals surface area (Å²) in [7, 11) is 0. The number of urea groups is 1. The lowest BCUT2D eigenvalue weighted by Gasteiger charge is -2.32. The van der Waals surface area contributed by atoms with E-state index in [-0.39, 0.29) is 17.8 Å². The van der Waals surface area contributed by atoms with Gasteiger partial charge < -0.3 is 19.6 Å². The summed E-state index contributed by atoms with van der Waals surface area (Å²) in [4.78, 5) is 34.2. The smallest absolute Gasteiger partial charge is 0.326 e. The normalized spacial score (nSPS) is 15.2. The number of rotatable bonds is 3. The van der Waals surface area contributed by atoms with Gasteiger partial charge in [-0.2, -0.15) is 0 Å². The van der Waals surface area contributed by atoms with E-state index in [9.17, 15) is 9.59 Å². The van der Waals surface area contributed by atoms with E-state index in [4.69, 9.17) is 11.6 Å². The molecule has 30 heavy (non-hydrogen) atoms. The van der Waals surface area contributed by atoms with E-state index >= 15 is 0 Å². The highest BCUT2D eigenvalue weighted by molar-refractivity contribution is 6.30. The maximum atomic E-state index is 12.6. The highest BCUT2D eigenvalue weighted by atomic mass is 35.5. The Hall–Kier alpha value is -3.26. The number of amides is 2. The molecule has 0 spiro atoms. The van der Waals surface area contributed by atoms with E-state index in [1.807, 2.05) is 45.5 Å². The molecule has 2 amide bonds. The Morgan fingerprint density at radius 3 is 2.80 bits per heavy atom. The summed E-state index contributed by atoms with van der Waals surface area (Å²) in [6.45, 7) is 1.55. The van der Waals surface area contributed by atoms with Gasteiger partial charge in [0.1, 0.15) is 5.65 Å². The number of nitrogens with zero attached hydrogens (tertiary/aromatic N) is 4. The Morgan fingerprint density at radius 1 is 1.17 bits per heavy atom. The number of carbonyl (C=O) groups excluding carboxylic acids is 1. The van der Waals surface area contributed by atoms with Crippen LogP contribution in [-0.2, 0) is 6.54 Å². The largest absolute Gasteiger partial charge is 0.332 e. The Bertz CT molecular complexity index is 1280. The second-order valence-electron chi connectivity index (χ2n) is 7.54. The van der Waals surface area contributed by atoms with Crippen LogP contribution >= 0.6 is 11.6 Å². The highest BCUT2D eigenvalue weighted by Crippen LogP contribution is 2.24. The van der Waals surface area contributed by atoms with Gasteiger partial charge in [0, 0.05) is 31.5 Å². The molecule has 4 aromatic rings. The van der Waals surface area contributed by atoms with E-state index in [0.29, 0.717) is 24.7 Å². The molecule has 8 nitrogen and oxygen atoms in total. The fourth-order valence-corrected chi connectivity index (χ4v) is 4.31. The fourth-order valence-electron chi connectivity index (χ4n) is 4.14. The zero-order chi connectivity index (χ0) is 20.7. The van der Waals surface area contributed by atoms with Gasteiger partial charge in [0.2, 0.25) is 0 Å². The number of halogens is 1. The molecule has 3 aromatic heterocycles. The molecule has 0 radical (unpaired) electrons. The van der Waals surface area contributed by atoms with Crippen LogP contribution in [0.1, 0.15) is 24.6 Å². The summed E-state index contributed by atoms with van der Waals surface area (Å²) in [5, 5.41) is 3.57. The van der Waals surface area contributed by atoms with Gasteiger partial charge in [0.15, 0.2) is 0 Å². The molecular formula is C21H21ClN6O2. The molecule has 5 rings (SSSR count). The van der Waals surface area contributed by atoms with Crippen LogP contribution in [0.15, 0.2) is 53.6 Å². The number of H-pyrrole nitrogens is 1. The first-order valence-corrected chi connectivity index (χ1v) is 10.3. The zero-order valence-corrected chi connectivity index (χ0v) is 17.0. The van der Waals surface area contributed by atoms with Gasteiger partial charge in [-0.1, -0.05) is 23.7 Å². The fraction of sp³-hybridized carbons (Fsp3) is 0.286. The van der Waals surface area contributed by atoms with E-state index in [0.717, 1.165) is 35.2 Å². The predicted octanol–water partition coefficient (Wildman–Crippen LogP) is 3.18. The highest BCUT2D eigenvalue weighted by Gasteiger charge is 2.26. The number of hydrogen-bond acceptors (Lipinski definition) is 3. The number of para-hydroxylation sites is 2. The van der Waals surface area contributed by atoms with E-state index < -0.39 is 0 Å². The number of imidazole rings is 2. The second-order valence-corrected chi connectivity index (χ2v) is 7.98. The van der Waals surface area contributed by atoms with Crippen molar-refractivity contribution in [3.63, 3.8) is 0 Å². The number of pyridine rings is 1. The SMILES string of the molecule is O=C(NCc1cn2cc(Cl)ccc2n1)N1CCC(n2c(=O)[nH]c3ccccc32)CC1. The summed E-state index contributed by atoms with van der Waals surface area (Å²) < 4.78 is 3.67. The minimum Gasteiger partial charge on any atom is -0.332 e. The predicted molar refractivity (Wildman–Crippen MR) is 115 cm³/mol. The minimum absolute atomic E-state index is 0.0842. The summed E-state index contributed by atoms with van der Waals surface area (Å²) in [5.74, 6) is 0. The third kappa shape index (κ3) is 3.43. The van der Waals surface area contributed by atoms with Crippen LogP contribution in [0.4, 0.5) is 4.79 Å². The quantitative estimate of drug-likeness (QED) is 0.529. The number of hydrogen-bond donors (Lipinski definition) is 2. The first-order chi connectivity index (χ1) is 14.6. The summed E-state index contributed by atoms with van der Waals surface area (Å²) in [6, 6.07) is 11.3.